The first-order valence-corrected chi connectivity index (χ1v) is 9.57. The van der Waals surface area contributed by atoms with Crippen LogP contribution in [0.3, 0.4) is 0 Å². The minimum absolute atomic E-state index is 0.0648. The summed E-state index contributed by atoms with van der Waals surface area (Å²) in [5, 5.41) is 4.61. The SMILES string of the molecule is c1noc(CN2CCN(c3ccc4ncnc(OC5CCOC5)c4c3)CC2)n1. The van der Waals surface area contributed by atoms with Crippen LogP contribution in [0.5, 0.6) is 5.88 Å². The average molecular weight is 382 g/mol. The maximum Gasteiger partial charge on any atom is 0.240 e. The molecule has 0 bridgehead atoms. The van der Waals surface area contributed by atoms with Gasteiger partial charge in [0.15, 0.2) is 6.33 Å². The number of ether oxygens (including phenoxy) is 2. The summed E-state index contributed by atoms with van der Waals surface area (Å²) >= 11 is 0. The van der Waals surface area contributed by atoms with Gasteiger partial charge in [-0.2, -0.15) is 4.98 Å². The fraction of sp³-hybridized carbons (Fsp3) is 0.474. The van der Waals surface area contributed by atoms with Crippen LogP contribution >= 0.6 is 0 Å². The molecule has 146 valence electrons. The first-order valence-electron chi connectivity index (χ1n) is 9.57. The van der Waals surface area contributed by atoms with E-state index in [1.807, 2.05) is 6.07 Å². The minimum atomic E-state index is 0.0648. The van der Waals surface area contributed by atoms with Crippen LogP contribution in [0.1, 0.15) is 12.3 Å². The maximum atomic E-state index is 6.08. The monoisotopic (exact) mass is 382 g/mol. The van der Waals surface area contributed by atoms with Crippen LogP contribution < -0.4 is 9.64 Å². The van der Waals surface area contributed by atoms with Gasteiger partial charge in [0, 0.05) is 38.3 Å². The van der Waals surface area contributed by atoms with Gasteiger partial charge in [-0.3, -0.25) is 4.90 Å². The van der Waals surface area contributed by atoms with Crippen molar-refractivity contribution in [2.45, 2.75) is 19.1 Å². The Morgan fingerprint density at radius 2 is 2.00 bits per heavy atom. The number of benzene rings is 1. The summed E-state index contributed by atoms with van der Waals surface area (Å²) < 4.78 is 16.6. The molecular formula is C19H22N6O3. The molecule has 2 aromatic heterocycles. The molecule has 0 amide bonds. The van der Waals surface area contributed by atoms with Gasteiger partial charge in [0.05, 0.1) is 30.7 Å². The third-order valence-corrected chi connectivity index (χ3v) is 5.25. The molecule has 5 rings (SSSR count). The number of hydrogen-bond donors (Lipinski definition) is 0. The number of piperazine rings is 1. The van der Waals surface area contributed by atoms with Crippen LogP contribution in [-0.4, -0.2) is 70.5 Å². The average Bonchev–Trinajstić information content (AvgIpc) is 3.43. The van der Waals surface area contributed by atoms with E-state index in [-0.39, 0.29) is 6.10 Å². The Balaban J connectivity index is 1.30. The van der Waals surface area contributed by atoms with Crippen LogP contribution in [-0.2, 0) is 11.3 Å². The fourth-order valence-electron chi connectivity index (χ4n) is 3.70. The van der Waals surface area contributed by atoms with E-state index in [9.17, 15) is 0 Å². The molecule has 4 heterocycles. The third-order valence-electron chi connectivity index (χ3n) is 5.25. The highest BCUT2D eigenvalue weighted by Gasteiger charge is 2.21. The van der Waals surface area contributed by atoms with Gasteiger partial charge in [-0.15, -0.1) is 0 Å². The number of fused-ring (bicyclic) bond motifs is 1. The highest BCUT2D eigenvalue weighted by Crippen LogP contribution is 2.29. The summed E-state index contributed by atoms with van der Waals surface area (Å²) in [4.78, 5) is 17.6. The quantitative estimate of drug-likeness (QED) is 0.651. The van der Waals surface area contributed by atoms with Crippen LogP contribution in [0.2, 0.25) is 0 Å². The van der Waals surface area contributed by atoms with E-state index in [4.69, 9.17) is 14.0 Å². The molecule has 0 radical (unpaired) electrons. The second kappa shape index (κ2) is 7.69. The minimum Gasteiger partial charge on any atom is -0.471 e. The molecule has 2 aliphatic rings. The van der Waals surface area contributed by atoms with Crippen molar-refractivity contribution >= 4 is 16.6 Å². The topological polar surface area (TPSA) is 89.6 Å². The van der Waals surface area contributed by atoms with Gasteiger partial charge in [-0.1, -0.05) is 5.16 Å². The Morgan fingerprint density at radius 3 is 2.79 bits per heavy atom. The molecule has 2 fully saturated rings. The first kappa shape index (κ1) is 17.3. The second-order valence-electron chi connectivity index (χ2n) is 7.08. The highest BCUT2D eigenvalue weighted by atomic mass is 16.5. The van der Waals surface area contributed by atoms with Gasteiger partial charge in [0.1, 0.15) is 12.4 Å². The third kappa shape index (κ3) is 3.63. The number of aromatic nitrogens is 4. The molecule has 0 N–H and O–H groups in total. The van der Waals surface area contributed by atoms with Crippen LogP contribution in [0.25, 0.3) is 10.9 Å². The fourth-order valence-corrected chi connectivity index (χ4v) is 3.70. The van der Waals surface area contributed by atoms with Crippen molar-refractivity contribution in [2.75, 3.05) is 44.3 Å². The van der Waals surface area contributed by atoms with Gasteiger partial charge in [-0.25, -0.2) is 9.97 Å². The van der Waals surface area contributed by atoms with Crippen molar-refractivity contribution in [3.63, 3.8) is 0 Å². The van der Waals surface area contributed by atoms with Crippen LogP contribution in [0.4, 0.5) is 5.69 Å². The molecule has 2 saturated heterocycles. The molecule has 9 heteroatoms. The number of nitrogens with zero attached hydrogens (tertiary/aromatic N) is 6. The Hall–Kier alpha value is -2.78. The summed E-state index contributed by atoms with van der Waals surface area (Å²) in [6.07, 6.45) is 3.96. The zero-order valence-corrected chi connectivity index (χ0v) is 15.5. The van der Waals surface area contributed by atoms with E-state index in [0.717, 1.165) is 55.8 Å². The Kier molecular flexibility index (Phi) is 4.76. The number of rotatable bonds is 5. The lowest BCUT2D eigenvalue weighted by Crippen LogP contribution is -2.46. The van der Waals surface area contributed by atoms with Gasteiger partial charge in [0.2, 0.25) is 11.8 Å². The summed E-state index contributed by atoms with van der Waals surface area (Å²) in [5.74, 6) is 1.30. The summed E-state index contributed by atoms with van der Waals surface area (Å²) in [7, 11) is 0. The standard InChI is InChI=1S/C19H22N6O3/c1-2-17-16(19(22-12-20-17)27-15-3-8-26-11-15)9-14(1)25-6-4-24(5-7-25)10-18-21-13-23-28-18/h1-2,9,12-13,15H,3-8,10-11H2. The molecule has 1 aromatic carbocycles. The smallest absolute Gasteiger partial charge is 0.240 e. The molecule has 3 aromatic rings. The molecule has 28 heavy (non-hydrogen) atoms. The molecule has 9 nitrogen and oxygen atoms in total. The van der Waals surface area contributed by atoms with Gasteiger partial charge < -0.3 is 18.9 Å². The molecule has 1 atom stereocenters. The molecule has 0 saturated carbocycles. The number of anilines is 1. The summed E-state index contributed by atoms with van der Waals surface area (Å²) in [5.41, 5.74) is 2.05. The molecule has 1 unspecified atom stereocenters. The molecule has 2 aliphatic heterocycles. The second-order valence-corrected chi connectivity index (χ2v) is 7.08. The van der Waals surface area contributed by atoms with Crippen molar-refractivity contribution in [3.8, 4) is 5.88 Å². The molecule has 0 aliphatic carbocycles. The van der Waals surface area contributed by atoms with Crippen LogP contribution in [0, 0.1) is 0 Å². The predicted octanol–water partition coefficient (Wildman–Crippen LogP) is 1.50. The lowest BCUT2D eigenvalue weighted by Gasteiger charge is -2.35. The number of hydrogen-bond acceptors (Lipinski definition) is 9. The first-order chi connectivity index (χ1) is 13.8. The summed E-state index contributed by atoms with van der Waals surface area (Å²) in [6.45, 7) is 5.80. The van der Waals surface area contributed by atoms with Gasteiger partial charge in [-0.05, 0) is 18.2 Å². The van der Waals surface area contributed by atoms with E-state index in [1.165, 1.54) is 6.33 Å². The Labute approximate surface area is 162 Å². The zero-order chi connectivity index (χ0) is 18.8. The Morgan fingerprint density at radius 1 is 1.07 bits per heavy atom. The van der Waals surface area contributed by atoms with Crippen molar-refractivity contribution in [2.24, 2.45) is 0 Å². The van der Waals surface area contributed by atoms with Crippen molar-refractivity contribution in [1.82, 2.24) is 25.0 Å². The van der Waals surface area contributed by atoms with Crippen molar-refractivity contribution < 1.29 is 14.0 Å². The lowest BCUT2D eigenvalue weighted by atomic mass is 10.2. The zero-order valence-electron chi connectivity index (χ0n) is 15.5. The van der Waals surface area contributed by atoms with E-state index in [1.54, 1.807) is 6.33 Å². The van der Waals surface area contributed by atoms with Crippen LogP contribution in [0.15, 0.2) is 35.4 Å². The normalized spacial score (nSPS) is 20.7. The maximum absolute atomic E-state index is 6.08. The largest absolute Gasteiger partial charge is 0.471 e. The van der Waals surface area contributed by atoms with Gasteiger partial charge in [0.25, 0.3) is 0 Å². The molecule has 0 spiro atoms. The van der Waals surface area contributed by atoms with E-state index in [2.05, 4.69) is 42.0 Å². The predicted molar refractivity (Wildman–Crippen MR) is 101 cm³/mol. The van der Waals surface area contributed by atoms with E-state index < -0.39 is 0 Å². The van der Waals surface area contributed by atoms with Crippen molar-refractivity contribution in [3.05, 3.63) is 36.7 Å². The molecular weight excluding hydrogens is 360 g/mol. The van der Waals surface area contributed by atoms with Gasteiger partial charge >= 0.3 is 0 Å². The van der Waals surface area contributed by atoms with E-state index >= 15 is 0 Å². The highest BCUT2D eigenvalue weighted by molar-refractivity contribution is 5.86. The lowest BCUT2D eigenvalue weighted by molar-refractivity contribution is 0.139. The Bertz CT molecular complexity index is 921. The van der Waals surface area contributed by atoms with E-state index in [0.29, 0.717) is 24.9 Å². The van der Waals surface area contributed by atoms with Crippen molar-refractivity contribution in [1.29, 1.82) is 0 Å². The summed E-state index contributed by atoms with van der Waals surface area (Å²) in [6, 6.07) is 6.29.